The molecular weight excluding hydrogens is 376 g/mol. The van der Waals surface area contributed by atoms with E-state index in [0.29, 0.717) is 17.2 Å². The molecule has 0 atom stereocenters. The molecule has 0 bridgehead atoms. The van der Waals surface area contributed by atoms with E-state index < -0.39 is 0 Å². The maximum Gasteiger partial charge on any atom is 0.186 e. The van der Waals surface area contributed by atoms with Crippen LogP contribution in [0.5, 0.6) is 0 Å². The number of aromatic nitrogens is 2. The lowest BCUT2D eigenvalue weighted by Gasteiger charge is -2.02. The second kappa shape index (κ2) is 9.91. The minimum Gasteiger partial charge on any atom is -0.392 e. The van der Waals surface area contributed by atoms with E-state index in [-0.39, 0.29) is 19.8 Å². The monoisotopic (exact) mass is 400 g/mol. The summed E-state index contributed by atoms with van der Waals surface area (Å²) < 4.78 is 1.70. The van der Waals surface area contributed by atoms with Crippen molar-refractivity contribution in [1.82, 2.24) is 9.55 Å². The normalized spacial score (nSPS) is 10.2. The Morgan fingerprint density at radius 3 is 2.13 bits per heavy atom. The molecule has 0 amide bonds. The predicted octanol–water partition coefficient (Wildman–Crippen LogP) is 2.26. The van der Waals surface area contributed by atoms with E-state index in [9.17, 15) is 10.2 Å². The first kappa shape index (κ1) is 21.4. The standard InChI is InChI=1S/C25H24N2O3/c1-3-21-14-19(7-4-18-5-8-20(15-28)9-6-18)10-11-22(21)12-13-25-26-23(16-29)24(17-30)27(25)2/h5-6,8-11,14,28-30H,3,15-17H2,1-2H3. The van der Waals surface area contributed by atoms with E-state index in [4.69, 9.17) is 5.11 Å². The van der Waals surface area contributed by atoms with Crippen molar-refractivity contribution in [2.24, 2.45) is 7.05 Å². The van der Waals surface area contributed by atoms with Gasteiger partial charge >= 0.3 is 0 Å². The Balaban J connectivity index is 1.87. The van der Waals surface area contributed by atoms with Gasteiger partial charge in [-0.05, 0) is 53.8 Å². The van der Waals surface area contributed by atoms with Crippen LogP contribution in [0.2, 0.25) is 0 Å². The van der Waals surface area contributed by atoms with Crippen molar-refractivity contribution in [1.29, 1.82) is 0 Å². The zero-order valence-corrected chi connectivity index (χ0v) is 17.1. The first-order valence-corrected chi connectivity index (χ1v) is 9.72. The fourth-order valence-electron chi connectivity index (χ4n) is 3.07. The Hall–Kier alpha value is -3.35. The molecule has 1 aromatic heterocycles. The molecule has 0 aliphatic rings. The maximum atomic E-state index is 9.46. The van der Waals surface area contributed by atoms with Crippen molar-refractivity contribution >= 4 is 0 Å². The quantitative estimate of drug-likeness (QED) is 0.587. The van der Waals surface area contributed by atoms with E-state index in [2.05, 4.69) is 35.6 Å². The Morgan fingerprint density at radius 2 is 1.53 bits per heavy atom. The molecule has 0 radical (unpaired) electrons. The second-order valence-electron chi connectivity index (χ2n) is 6.78. The van der Waals surface area contributed by atoms with Gasteiger partial charge in [-0.3, -0.25) is 0 Å². The van der Waals surface area contributed by atoms with Gasteiger partial charge in [0.1, 0.15) is 0 Å². The van der Waals surface area contributed by atoms with Gasteiger partial charge < -0.3 is 19.9 Å². The molecule has 1 heterocycles. The largest absolute Gasteiger partial charge is 0.392 e. The number of aliphatic hydroxyl groups excluding tert-OH is 3. The van der Waals surface area contributed by atoms with Crippen molar-refractivity contribution in [3.63, 3.8) is 0 Å². The molecule has 3 N–H and O–H groups in total. The fourth-order valence-corrected chi connectivity index (χ4v) is 3.07. The molecule has 0 unspecified atom stereocenters. The average molecular weight is 400 g/mol. The number of imidazole rings is 1. The zero-order chi connectivity index (χ0) is 21.5. The third-order valence-corrected chi connectivity index (χ3v) is 4.88. The van der Waals surface area contributed by atoms with Gasteiger partial charge in [-0.25, -0.2) is 4.98 Å². The van der Waals surface area contributed by atoms with Crippen LogP contribution in [0.25, 0.3) is 0 Å². The molecule has 3 aromatic rings. The number of nitrogens with zero attached hydrogens (tertiary/aromatic N) is 2. The van der Waals surface area contributed by atoms with Crippen molar-refractivity contribution in [2.45, 2.75) is 33.2 Å². The minimum absolute atomic E-state index is 0.0248. The number of rotatable bonds is 4. The molecule has 0 saturated carbocycles. The summed E-state index contributed by atoms with van der Waals surface area (Å²) in [6.07, 6.45) is 0.815. The highest BCUT2D eigenvalue weighted by Crippen LogP contribution is 2.14. The lowest BCUT2D eigenvalue weighted by atomic mass is 10.0. The van der Waals surface area contributed by atoms with Crippen LogP contribution in [-0.4, -0.2) is 24.9 Å². The van der Waals surface area contributed by atoms with Gasteiger partial charge in [-0.15, -0.1) is 0 Å². The van der Waals surface area contributed by atoms with E-state index in [0.717, 1.165) is 34.2 Å². The predicted molar refractivity (Wildman–Crippen MR) is 115 cm³/mol. The highest BCUT2D eigenvalue weighted by atomic mass is 16.3. The van der Waals surface area contributed by atoms with Crippen molar-refractivity contribution in [3.05, 3.63) is 87.5 Å². The van der Waals surface area contributed by atoms with Gasteiger partial charge in [-0.2, -0.15) is 0 Å². The van der Waals surface area contributed by atoms with Crippen LogP contribution in [0.1, 0.15) is 52.0 Å². The van der Waals surface area contributed by atoms with Crippen LogP contribution in [0.15, 0.2) is 42.5 Å². The van der Waals surface area contributed by atoms with E-state index in [1.165, 1.54) is 0 Å². The second-order valence-corrected chi connectivity index (χ2v) is 6.78. The Kier molecular flexibility index (Phi) is 7.06. The van der Waals surface area contributed by atoms with Crippen molar-refractivity contribution < 1.29 is 15.3 Å². The number of aryl methyl sites for hydroxylation is 1. The van der Waals surface area contributed by atoms with Crippen molar-refractivity contribution in [3.8, 4) is 23.7 Å². The van der Waals surface area contributed by atoms with E-state index in [1.807, 2.05) is 42.5 Å². The maximum absolute atomic E-state index is 9.46. The Labute approximate surface area is 176 Å². The summed E-state index contributed by atoms with van der Waals surface area (Å²) in [6.45, 7) is 1.66. The minimum atomic E-state index is -0.234. The molecule has 0 saturated heterocycles. The van der Waals surface area contributed by atoms with Crippen LogP contribution in [0.4, 0.5) is 0 Å². The summed E-state index contributed by atoms with van der Waals surface area (Å²) >= 11 is 0. The number of hydrogen-bond acceptors (Lipinski definition) is 4. The van der Waals surface area contributed by atoms with Crippen LogP contribution < -0.4 is 0 Å². The lowest BCUT2D eigenvalue weighted by Crippen LogP contribution is -2.00. The van der Waals surface area contributed by atoms with Gasteiger partial charge in [-0.1, -0.05) is 36.8 Å². The van der Waals surface area contributed by atoms with Gasteiger partial charge in [0.05, 0.1) is 31.2 Å². The molecule has 3 rings (SSSR count). The molecule has 5 nitrogen and oxygen atoms in total. The fraction of sp³-hybridized carbons (Fsp3) is 0.240. The summed E-state index contributed by atoms with van der Waals surface area (Å²) in [5.41, 5.74) is 5.65. The van der Waals surface area contributed by atoms with E-state index in [1.54, 1.807) is 11.6 Å². The third-order valence-electron chi connectivity index (χ3n) is 4.88. The Morgan fingerprint density at radius 1 is 0.833 bits per heavy atom. The first-order chi connectivity index (χ1) is 14.6. The summed E-state index contributed by atoms with van der Waals surface area (Å²) in [7, 11) is 1.77. The van der Waals surface area contributed by atoms with Crippen LogP contribution in [0, 0.1) is 23.7 Å². The molecule has 30 heavy (non-hydrogen) atoms. The summed E-state index contributed by atoms with van der Waals surface area (Å²) in [6, 6.07) is 13.4. The molecular formula is C25H24N2O3. The Bertz CT molecular complexity index is 1150. The SMILES string of the molecule is CCc1cc(C#Cc2ccc(CO)cc2)ccc1C#Cc1nc(CO)c(CO)n1C. The molecule has 0 fully saturated rings. The summed E-state index contributed by atoms with van der Waals surface area (Å²) in [4.78, 5) is 4.30. The van der Waals surface area contributed by atoms with Crippen LogP contribution in [0.3, 0.4) is 0 Å². The summed E-state index contributed by atoms with van der Waals surface area (Å²) in [5, 5.41) is 28.0. The van der Waals surface area contributed by atoms with Gasteiger partial charge in [0.25, 0.3) is 0 Å². The average Bonchev–Trinajstić information content (AvgIpc) is 3.11. The number of benzene rings is 2. The van der Waals surface area contributed by atoms with Gasteiger partial charge in [0.2, 0.25) is 0 Å². The molecule has 152 valence electrons. The third kappa shape index (κ3) is 4.79. The molecule has 0 spiro atoms. The first-order valence-electron chi connectivity index (χ1n) is 9.72. The van der Waals surface area contributed by atoms with Gasteiger partial charge in [0, 0.05) is 23.7 Å². The molecule has 0 aliphatic carbocycles. The highest BCUT2D eigenvalue weighted by Gasteiger charge is 2.11. The number of hydrogen-bond donors (Lipinski definition) is 3. The highest BCUT2D eigenvalue weighted by molar-refractivity contribution is 5.51. The summed E-state index contributed by atoms with van der Waals surface area (Å²) in [5.74, 6) is 13.0. The lowest BCUT2D eigenvalue weighted by molar-refractivity contribution is 0.251. The zero-order valence-electron chi connectivity index (χ0n) is 17.1. The smallest absolute Gasteiger partial charge is 0.186 e. The van der Waals surface area contributed by atoms with E-state index >= 15 is 0 Å². The van der Waals surface area contributed by atoms with Crippen LogP contribution >= 0.6 is 0 Å². The molecule has 0 aliphatic heterocycles. The topological polar surface area (TPSA) is 78.5 Å². The van der Waals surface area contributed by atoms with Crippen LogP contribution in [-0.2, 0) is 33.3 Å². The number of aliphatic hydroxyl groups is 3. The molecule has 2 aromatic carbocycles. The van der Waals surface area contributed by atoms with Crippen molar-refractivity contribution in [2.75, 3.05) is 0 Å². The molecule has 5 heteroatoms. The van der Waals surface area contributed by atoms with Gasteiger partial charge in [0.15, 0.2) is 5.82 Å².